The molecule has 1 amide bonds. The van der Waals surface area contributed by atoms with Crippen molar-refractivity contribution >= 4 is 23.6 Å². The molecule has 0 bridgehead atoms. The number of esters is 1. The Morgan fingerprint density at radius 2 is 2.00 bits per heavy atom. The Hall–Kier alpha value is -3.21. The second-order valence-corrected chi connectivity index (χ2v) is 5.81. The predicted octanol–water partition coefficient (Wildman–Crippen LogP) is 2.21. The molecule has 8 heteroatoms. The predicted molar refractivity (Wildman–Crippen MR) is 90.1 cm³/mol. The van der Waals surface area contributed by atoms with Crippen LogP contribution in [-0.2, 0) is 14.3 Å². The van der Waals surface area contributed by atoms with Gasteiger partial charge in [-0.25, -0.2) is 4.79 Å². The zero-order chi connectivity index (χ0) is 19.0. The van der Waals surface area contributed by atoms with E-state index in [2.05, 4.69) is 5.32 Å². The quantitative estimate of drug-likeness (QED) is 0.350. The van der Waals surface area contributed by atoms with E-state index in [-0.39, 0.29) is 11.6 Å². The fourth-order valence-electron chi connectivity index (χ4n) is 1.68. The summed E-state index contributed by atoms with van der Waals surface area (Å²) in [4.78, 5) is 33.4. The summed E-state index contributed by atoms with van der Waals surface area (Å²) in [7, 11) is 0. The number of nitro groups is 1. The topological polar surface area (TPSA) is 122 Å². The second kappa shape index (κ2) is 8.59. The molecule has 0 aliphatic rings. The van der Waals surface area contributed by atoms with Crippen LogP contribution >= 0.6 is 0 Å². The first-order chi connectivity index (χ1) is 11.7. The van der Waals surface area contributed by atoms with Crippen molar-refractivity contribution in [3.05, 3.63) is 46.0 Å². The monoisotopic (exact) mass is 345 g/mol. The molecule has 0 aromatic heterocycles. The van der Waals surface area contributed by atoms with Gasteiger partial charge in [-0.1, -0.05) is 13.8 Å². The lowest BCUT2D eigenvalue weighted by atomic mass is 9.90. The highest BCUT2D eigenvalue weighted by atomic mass is 16.6. The minimum Gasteiger partial charge on any atom is -0.452 e. The number of carbonyl (C=O) groups is 2. The summed E-state index contributed by atoms with van der Waals surface area (Å²) in [6.45, 7) is 4.67. The maximum atomic E-state index is 11.8. The average molecular weight is 345 g/mol. The molecule has 1 rings (SSSR count). The summed E-state index contributed by atoms with van der Waals surface area (Å²) in [5.41, 5.74) is -0.524. The number of nitrogens with one attached hydrogen (secondary N) is 1. The van der Waals surface area contributed by atoms with Gasteiger partial charge >= 0.3 is 5.97 Å². The molecule has 0 radical (unpaired) electrons. The van der Waals surface area contributed by atoms with Gasteiger partial charge in [-0.2, -0.15) is 5.26 Å². The van der Waals surface area contributed by atoms with Crippen LogP contribution in [0.5, 0.6) is 0 Å². The van der Waals surface area contributed by atoms with Crippen LogP contribution in [-0.4, -0.2) is 28.9 Å². The van der Waals surface area contributed by atoms with Crippen LogP contribution in [0.4, 0.5) is 5.69 Å². The number of nitriles is 1. The molecular weight excluding hydrogens is 326 g/mol. The molecule has 132 valence electrons. The third kappa shape index (κ3) is 6.06. The lowest BCUT2D eigenvalue weighted by molar-refractivity contribution is -0.384. The molecule has 1 aromatic rings. The fraction of sp³-hybridized carbons (Fsp3) is 0.353. The Morgan fingerprint density at radius 3 is 2.48 bits per heavy atom. The van der Waals surface area contributed by atoms with Crippen molar-refractivity contribution in [3.63, 3.8) is 0 Å². The van der Waals surface area contributed by atoms with Gasteiger partial charge in [0.2, 0.25) is 0 Å². The Morgan fingerprint density at radius 1 is 1.40 bits per heavy atom. The van der Waals surface area contributed by atoms with Gasteiger partial charge in [0, 0.05) is 18.2 Å². The molecule has 0 unspecified atom stereocenters. The van der Waals surface area contributed by atoms with Crippen molar-refractivity contribution in [1.82, 2.24) is 5.32 Å². The number of nitrogens with zero attached hydrogens (tertiary/aromatic N) is 2. The molecule has 0 spiro atoms. The minimum absolute atomic E-state index is 0.0536. The molecule has 0 aliphatic heterocycles. The van der Waals surface area contributed by atoms with E-state index in [1.165, 1.54) is 30.3 Å². The van der Waals surface area contributed by atoms with Gasteiger partial charge in [-0.15, -0.1) is 0 Å². The number of benzene rings is 1. The summed E-state index contributed by atoms with van der Waals surface area (Å²) in [6.07, 6.45) is 2.53. The SMILES string of the molecule is CC(C)[C@](C)(C#N)NC(=O)COC(=O)/C=C/c1ccc([N+](=O)[O-])cc1. The van der Waals surface area contributed by atoms with Crippen molar-refractivity contribution in [2.75, 3.05) is 6.61 Å². The van der Waals surface area contributed by atoms with Crippen LogP contribution in [0.1, 0.15) is 26.3 Å². The van der Waals surface area contributed by atoms with Crippen molar-refractivity contribution in [3.8, 4) is 6.07 Å². The zero-order valence-electron chi connectivity index (χ0n) is 14.2. The molecule has 0 saturated carbocycles. The van der Waals surface area contributed by atoms with Gasteiger partial charge < -0.3 is 10.1 Å². The van der Waals surface area contributed by atoms with E-state index in [0.29, 0.717) is 5.56 Å². The van der Waals surface area contributed by atoms with Gasteiger partial charge in [0.1, 0.15) is 5.54 Å². The van der Waals surface area contributed by atoms with E-state index in [9.17, 15) is 19.7 Å². The van der Waals surface area contributed by atoms with Crippen LogP contribution in [0.3, 0.4) is 0 Å². The normalized spacial score (nSPS) is 13.1. The largest absolute Gasteiger partial charge is 0.452 e. The number of rotatable bonds is 7. The maximum absolute atomic E-state index is 11.8. The summed E-state index contributed by atoms with van der Waals surface area (Å²) >= 11 is 0. The van der Waals surface area contributed by atoms with Gasteiger partial charge in [0.15, 0.2) is 6.61 Å². The Bertz CT molecular complexity index is 719. The summed E-state index contributed by atoms with van der Waals surface area (Å²) in [6, 6.07) is 7.61. The first kappa shape index (κ1) is 19.8. The number of hydrogen-bond donors (Lipinski definition) is 1. The van der Waals surface area contributed by atoms with Crippen LogP contribution < -0.4 is 5.32 Å². The minimum atomic E-state index is -1.04. The molecule has 0 saturated heterocycles. The Kier molecular flexibility index (Phi) is 6.81. The lowest BCUT2D eigenvalue weighted by Gasteiger charge is -2.27. The number of nitro benzene ring substituents is 1. The van der Waals surface area contributed by atoms with Crippen molar-refractivity contribution in [2.24, 2.45) is 5.92 Å². The van der Waals surface area contributed by atoms with E-state index in [1.807, 2.05) is 6.07 Å². The molecule has 1 atom stereocenters. The van der Waals surface area contributed by atoms with E-state index < -0.39 is 28.9 Å². The highest BCUT2D eigenvalue weighted by Gasteiger charge is 2.30. The van der Waals surface area contributed by atoms with Gasteiger partial charge in [-0.05, 0) is 36.6 Å². The van der Waals surface area contributed by atoms with Gasteiger partial charge in [0.25, 0.3) is 11.6 Å². The molecular formula is C17H19N3O5. The standard InChI is InChI=1S/C17H19N3O5/c1-12(2)17(3,11-18)19-15(21)10-25-16(22)9-6-13-4-7-14(8-5-13)20(23)24/h4-9,12H,10H2,1-3H3,(H,19,21)/b9-6+/t17-/m0/s1. The van der Waals surface area contributed by atoms with E-state index in [1.54, 1.807) is 20.8 Å². The summed E-state index contributed by atoms with van der Waals surface area (Å²) in [5.74, 6) is -1.43. The number of non-ortho nitro benzene ring substituents is 1. The first-order valence-corrected chi connectivity index (χ1v) is 7.49. The number of hydrogen-bond acceptors (Lipinski definition) is 6. The average Bonchev–Trinajstić information content (AvgIpc) is 2.58. The van der Waals surface area contributed by atoms with Crippen LogP contribution in [0, 0.1) is 27.4 Å². The molecule has 8 nitrogen and oxygen atoms in total. The van der Waals surface area contributed by atoms with Crippen LogP contribution in [0.15, 0.2) is 30.3 Å². The third-order valence-corrected chi connectivity index (χ3v) is 3.65. The number of carbonyl (C=O) groups excluding carboxylic acids is 2. The molecule has 0 fully saturated rings. The Balaban J connectivity index is 2.53. The first-order valence-electron chi connectivity index (χ1n) is 7.49. The van der Waals surface area contributed by atoms with Gasteiger partial charge in [-0.3, -0.25) is 14.9 Å². The van der Waals surface area contributed by atoms with Gasteiger partial charge in [0.05, 0.1) is 11.0 Å². The highest BCUT2D eigenvalue weighted by Crippen LogP contribution is 2.15. The van der Waals surface area contributed by atoms with Crippen molar-refractivity contribution in [1.29, 1.82) is 5.26 Å². The van der Waals surface area contributed by atoms with E-state index >= 15 is 0 Å². The number of amides is 1. The summed E-state index contributed by atoms with van der Waals surface area (Å²) < 4.78 is 4.80. The smallest absolute Gasteiger partial charge is 0.331 e. The van der Waals surface area contributed by atoms with E-state index in [0.717, 1.165) is 6.08 Å². The molecule has 0 aliphatic carbocycles. The van der Waals surface area contributed by atoms with Crippen molar-refractivity contribution < 1.29 is 19.2 Å². The van der Waals surface area contributed by atoms with Crippen molar-refractivity contribution in [2.45, 2.75) is 26.3 Å². The lowest BCUT2D eigenvalue weighted by Crippen LogP contribution is -2.50. The maximum Gasteiger partial charge on any atom is 0.331 e. The van der Waals surface area contributed by atoms with Crippen LogP contribution in [0.25, 0.3) is 6.08 Å². The van der Waals surface area contributed by atoms with Crippen LogP contribution in [0.2, 0.25) is 0 Å². The highest BCUT2D eigenvalue weighted by molar-refractivity contribution is 5.89. The second-order valence-electron chi connectivity index (χ2n) is 5.81. The third-order valence-electron chi connectivity index (χ3n) is 3.65. The zero-order valence-corrected chi connectivity index (χ0v) is 14.2. The van der Waals surface area contributed by atoms with E-state index in [4.69, 9.17) is 10.00 Å². The Labute approximate surface area is 145 Å². The fourth-order valence-corrected chi connectivity index (χ4v) is 1.68. The summed E-state index contributed by atoms with van der Waals surface area (Å²) in [5, 5.41) is 22.2. The molecule has 0 heterocycles. The molecule has 25 heavy (non-hydrogen) atoms. The number of ether oxygens (including phenoxy) is 1. The molecule has 1 aromatic carbocycles. The molecule has 1 N–H and O–H groups in total.